The molecule has 0 bridgehead atoms. The van der Waals surface area contributed by atoms with E-state index in [4.69, 9.17) is 12.2 Å². The van der Waals surface area contributed by atoms with Crippen molar-refractivity contribution in [1.29, 1.82) is 0 Å². The van der Waals surface area contributed by atoms with Gasteiger partial charge in [-0.3, -0.25) is 0 Å². The fourth-order valence-electron chi connectivity index (χ4n) is 2.32. The zero-order valence-electron chi connectivity index (χ0n) is 12.7. The van der Waals surface area contributed by atoms with E-state index in [1.54, 1.807) is 0 Å². The van der Waals surface area contributed by atoms with Crippen molar-refractivity contribution in [3.63, 3.8) is 0 Å². The van der Waals surface area contributed by atoms with Gasteiger partial charge < -0.3 is 5.73 Å². The highest BCUT2D eigenvalue weighted by Gasteiger charge is 2.25. The molecule has 4 nitrogen and oxygen atoms in total. The van der Waals surface area contributed by atoms with Crippen molar-refractivity contribution < 1.29 is 8.42 Å². The molecular weight excluding hydrogens is 308 g/mol. The van der Waals surface area contributed by atoms with Crippen LogP contribution in [0, 0.1) is 12.3 Å². The number of nitrogens with two attached hydrogens (primary N) is 1. The van der Waals surface area contributed by atoms with E-state index in [9.17, 15) is 8.42 Å². The van der Waals surface area contributed by atoms with Crippen LogP contribution in [0.4, 0.5) is 0 Å². The molecule has 0 saturated heterocycles. The minimum atomic E-state index is -3.52. The number of hydrogen-bond donors (Lipinski definition) is 2. The van der Waals surface area contributed by atoms with E-state index in [0.717, 1.165) is 11.1 Å². The van der Waals surface area contributed by atoms with Crippen molar-refractivity contribution in [3.8, 4) is 12.3 Å². The summed E-state index contributed by atoms with van der Waals surface area (Å²) in [5.41, 5.74) is 8.01. The summed E-state index contributed by atoms with van der Waals surface area (Å²) < 4.78 is 27.2. The zero-order valence-corrected chi connectivity index (χ0v) is 13.5. The van der Waals surface area contributed by atoms with Gasteiger partial charge in [0, 0.05) is 6.42 Å². The second-order valence-electron chi connectivity index (χ2n) is 5.22. The Hall–Kier alpha value is -2.13. The molecule has 5 heteroatoms. The molecule has 0 fully saturated rings. The van der Waals surface area contributed by atoms with Crippen LogP contribution >= 0.6 is 0 Å². The SMILES string of the molecule is C#CCCS(=O)(=O)N[C@H](c1ccccc1)[C@H](N)c1ccccc1. The first-order valence-electron chi connectivity index (χ1n) is 7.32. The van der Waals surface area contributed by atoms with Gasteiger partial charge in [0.1, 0.15) is 0 Å². The highest BCUT2D eigenvalue weighted by molar-refractivity contribution is 7.89. The summed E-state index contributed by atoms with van der Waals surface area (Å²) in [6, 6.07) is 17.7. The Morgan fingerprint density at radius 2 is 1.52 bits per heavy atom. The van der Waals surface area contributed by atoms with Crippen molar-refractivity contribution in [3.05, 3.63) is 71.8 Å². The standard InChI is InChI=1S/C18H20N2O2S/c1-2-3-14-23(21,22)20-18(16-12-8-5-9-13-16)17(19)15-10-6-4-7-11-15/h1,4-13,17-18,20H,3,14,19H2/t17-,18-/m1/s1. The van der Waals surface area contributed by atoms with Crippen LogP contribution in [-0.4, -0.2) is 14.2 Å². The molecule has 0 radical (unpaired) electrons. The summed E-state index contributed by atoms with van der Waals surface area (Å²) >= 11 is 0. The maximum atomic E-state index is 12.2. The van der Waals surface area contributed by atoms with Crippen LogP contribution in [0.25, 0.3) is 0 Å². The molecule has 0 spiro atoms. The third-order valence-electron chi connectivity index (χ3n) is 3.52. The lowest BCUT2D eigenvalue weighted by Gasteiger charge is -2.25. The molecule has 3 N–H and O–H groups in total. The molecule has 0 saturated carbocycles. The molecule has 2 aromatic rings. The van der Waals surface area contributed by atoms with E-state index in [0.29, 0.717) is 0 Å². The molecule has 0 heterocycles. The van der Waals surface area contributed by atoms with Crippen molar-refractivity contribution in [1.82, 2.24) is 4.72 Å². The summed E-state index contributed by atoms with van der Waals surface area (Å²) in [5, 5.41) is 0. The molecule has 2 rings (SSSR count). The number of hydrogen-bond acceptors (Lipinski definition) is 3. The molecule has 0 unspecified atom stereocenters. The Bertz CT molecular complexity index is 753. The molecule has 0 aliphatic heterocycles. The van der Waals surface area contributed by atoms with E-state index in [2.05, 4.69) is 10.6 Å². The van der Waals surface area contributed by atoms with E-state index in [1.807, 2.05) is 60.7 Å². The van der Waals surface area contributed by atoms with Crippen molar-refractivity contribution in [2.75, 3.05) is 5.75 Å². The fourth-order valence-corrected chi connectivity index (χ4v) is 3.50. The Morgan fingerprint density at radius 3 is 2.04 bits per heavy atom. The van der Waals surface area contributed by atoms with Crippen LogP contribution in [-0.2, 0) is 10.0 Å². The minimum absolute atomic E-state index is 0.117. The van der Waals surface area contributed by atoms with Crippen molar-refractivity contribution in [2.45, 2.75) is 18.5 Å². The predicted molar refractivity (Wildman–Crippen MR) is 92.9 cm³/mol. The molecular formula is C18H20N2O2S. The van der Waals surface area contributed by atoms with Crippen molar-refractivity contribution >= 4 is 10.0 Å². The average Bonchev–Trinajstić information content (AvgIpc) is 2.59. The molecule has 2 aromatic carbocycles. The molecule has 120 valence electrons. The lowest BCUT2D eigenvalue weighted by atomic mass is 9.95. The fraction of sp³-hybridized carbons (Fsp3) is 0.222. The normalized spacial score (nSPS) is 13.9. The van der Waals surface area contributed by atoms with Gasteiger partial charge in [0.25, 0.3) is 0 Å². The molecule has 2 atom stereocenters. The highest BCUT2D eigenvalue weighted by Crippen LogP contribution is 2.27. The van der Waals surface area contributed by atoms with Crippen LogP contribution in [0.3, 0.4) is 0 Å². The third kappa shape index (κ3) is 4.93. The second-order valence-corrected chi connectivity index (χ2v) is 7.09. The Morgan fingerprint density at radius 1 is 1.00 bits per heavy atom. The third-order valence-corrected chi connectivity index (χ3v) is 4.88. The molecule has 0 aliphatic carbocycles. The number of terminal acetylenes is 1. The lowest BCUT2D eigenvalue weighted by Crippen LogP contribution is -2.37. The summed E-state index contributed by atoms with van der Waals surface area (Å²) in [4.78, 5) is 0. The molecule has 0 amide bonds. The first-order valence-corrected chi connectivity index (χ1v) is 8.97. The van der Waals surface area contributed by atoms with Gasteiger partial charge in [-0.1, -0.05) is 60.7 Å². The molecule has 0 aromatic heterocycles. The van der Waals surface area contributed by atoms with Gasteiger partial charge in [-0.15, -0.1) is 12.3 Å². The van der Waals surface area contributed by atoms with Gasteiger partial charge in [-0.25, -0.2) is 13.1 Å². The first kappa shape index (κ1) is 17.2. The van der Waals surface area contributed by atoms with E-state index in [-0.39, 0.29) is 12.2 Å². The number of sulfonamides is 1. The maximum absolute atomic E-state index is 12.2. The Kier molecular flexibility index (Phi) is 5.94. The van der Waals surface area contributed by atoms with Gasteiger partial charge >= 0.3 is 0 Å². The van der Waals surface area contributed by atoms with Crippen LogP contribution < -0.4 is 10.5 Å². The maximum Gasteiger partial charge on any atom is 0.213 e. The topological polar surface area (TPSA) is 72.2 Å². The number of benzene rings is 2. The summed E-state index contributed by atoms with van der Waals surface area (Å²) in [6.07, 6.45) is 5.33. The first-order chi connectivity index (χ1) is 11.0. The van der Waals surface area contributed by atoms with Crippen LogP contribution in [0.5, 0.6) is 0 Å². The van der Waals surface area contributed by atoms with Gasteiger partial charge in [0.15, 0.2) is 0 Å². The summed E-state index contributed by atoms with van der Waals surface area (Å²) in [6.45, 7) is 0. The van der Waals surface area contributed by atoms with Crippen LogP contribution in [0.2, 0.25) is 0 Å². The van der Waals surface area contributed by atoms with Gasteiger partial charge in [0.2, 0.25) is 10.0 Å². The number of rotatable bonds is 7. The smallest absolute Gasteiger partial charge is 0.213 e. The molecule has 0 aliphatic rings. The minimum Gasteiger partial charge on any atom is -0.322 e. The quantitative estimate of drug-likeness (QED) is 0.767. The van der Waals surface area contributed by atoms with Gasteiger partial charge in [0.05, 0.1) is 17.8 Å². The summed E-state index contributed by atoms with van der Waals surface area (Å²) in [7, 11) is -3.52. The second kappa shape index (κ2) is 7.93. The monoisotopic (exact) mass is 328 g/mol. The van der Waals surface area contributed by atoms with Gasteiger partial charge in [-0.2, -0.15) is 0 Å². The van der Waals surface area contributed by atoms with Crippen molar-refractivity contribution in [2.24, 2.45) is 5.73 Å². The Labute approximate surface area is 137 Å². The molecule has 23 heavy (non-hydrogen) atoms. The zero-order chi connectivity index (χ0) is 16.7. The average molecular weight is 328 g/mol. The predicted octanol–water partition coefficient (Wildman–Crippen LogP) is 2.37. The van der Waals surface area contributed by atoms with E-state index < -0.39 is 22.1 Å². The van der Waals surface area contributed by atoms with Gasteiger partial charge in [-0.05, 0) is 11.1 Å². The number of nitrogens with one attached hydrogen (secondary N) is 1. The van der Waals surface area contributed by atoms with Crippen LogP contribution in [0.15, 0.2) is 60.7 Å². The van der Waals surface area contributed by atoms with Crippen LogP contribution in [0.1, 0.15) is 29.6 Å². The lowest BCUT2D eigenvalue weighted by molar-refractivity contribution is 0.504. The summed E-state index contributed by atoms with van der Waals surface area (Å²) in [5.74, 6) is 2.23. The van der Waals surface area contributed by atoms with E-state index >= 15 is 0 Å². The Balaban J connectivity index is 2.32. The largest absolute Gasteiger partial charge is 0.322 e. The van der Waals surface area contributed by atoms with E-state index in [1.165, 1.54) is 0 Å². The highest BCUT2D eigenvalue weighted by atomic mass is 32.2.